The Balaban J connectivity index is 1.64. The van der Waals surface area contributed by atoms with E-state index in [-0.39, 0.29) is 17.6 Å². The minimum Gasteiger partial charge on any atom is -0.508 e. The van der Waals surface area contributed by atoms with E-state index in [1.54, 1.807) is 21.9 Å². The molecule has 1 aliphatic heterocycles. The highest BCUT2D eigenvalue weighted by molar-refractivity contribution is 7.13. The molecule has 0 radical (unpaired) electrons. The third-order valence-electron chi connectivity index (χ3n) is 4.47. The van der Waals surface area contributed by atoms with Crippen LogP contribution < -0.4 is 0 Å². The molecular weight excluding hydrogens is 350 g/mol. The van der Waals surface area contributed by atoms with Crippen molar-refractivity contribution in [3.05, 3.63) is 45.4 Å². The maximum atomic E-state index is 12.8. The first-order valence-corrected chi connectivity index (χ1v) is 9.53. The summed E-state index contributed by atoms with van der Waals surface area (Å²) in [7, 11) is 0. The van der Waals surface area contributed by atoms with Crippen molar-refractivity contribution >= 4 is 23.2 Å². The molecule has 0 atom stereocenters. The Morgan fingerprint density at radius 2 is 1.58 bits per heavy atom. The SMILES string of the molecule is Cc1nc(C(C)C)sc1C(=O)N1CCN(C(=O)c2ccc(O)cc2)CC1. The fourth-order valence-electron chi connectivity index (χ4n) is 2.91. The predicted octanol–water partition coefficient (Wildman–Crippen LogP) is 2.88. The van der Waals surface area contributed by atoms with Gasteiger partial charge < -0.3 is 14.9 Å². The summed E-state index contributed by atoms with van der Waals surface area (Å²) in [6.45, 7) is 8.04. The van der Waals surface area contributed by atoms with Gasteiger partial charge in [0.05, 0.1) is 10.7 Å². The van der Waals surface area contributed by atoms with E-state index in [4.69, 9.17) is 0 Å². The van der Waals surface area contributed by atoms with Crippen LogP contribution in [0.4, 0.5) is 0 Å². The van der Waals surface area contributed by atoms with E-state index < -0.39 is 0 Å². The zero-order chi connectivity index (χ0) is 18.8. The van der Waals surface area contributed by atoms with Crippen molar-refractivity contribution in [2.75, 3.05) is 26.2 Å². The lowest BCUT2D eigenvalue weighted by molar-refractivity contribution is 0.0537. The van der Waals surface area contributed by atoms with Crippen molar-refractivity contribution in [2.45, 2.75) is 26.7 Å². The molecule has 3 rings (SSSR count). The van der Waals surface area contributed by atoms with Gasteiger partial charge in [-0.25, -0.2) is 4.98 Å². The molecule has 1 saturated heterocycles. The quantitative estimate of drug-likeness (QED) is 0.898. The normalized spacial score (nSPS) is 14.8. The summed E-state index contributed by atoms with van der Waals surface area (Å²) >= 11 is 1.47. The van der Waals surface area contributed by atoms with Crippen molar-refractivity contribution in [1.29, 1.82) is 0 Å². The van der Waals surface area contributed by atoms with Crippen LogP contribution in [0.15, 0.2) is 24.3 Å². The van der Waals surface area contributed by atoms with Gasteiger partial charge in [0, 0.05) is 37.7 Å². The average molecular weight is 373 g/mol. The number of thiazole rings is 1. The Hall–Kier alpha value is -2.41. The fourth-order valence-corrected chi connectivity index (χ4v) is 3.94. The molecule has 0 aliphatic carbocycles. The van der Waals surface area contributed by atoms with Crippen LogP contribution in [0.5, 0.6) is 5.75 Å². The van der Waals surface area contributed by atoms with Gasteiger partial charge in [0.25, 0.3) is 11.8 Å². The van der Waals surface area contributed by atoms with Gasteiger partial charge >= 0.3 is 0 Å². The zero-order valence-corrected chi connectivity index (χ0v) is 16.0. The second-order valence-corrected chi connectivity index (χ2v) is 7.78. The number of piperazine rings is 1. The lowest BCUT2D eigenvalue weighted by Crippen LogP contribution is -2.50. The summed E-state index contributed by atoms with van der Waals surface area (Å²) in [5, 5.41) is 10.3. The average Bonchev–Trinajstić information content (AvgIpc) is 3.03. The molecule has 7 heteroatoms. The summed E-state index contributed by atoms with van der Waals surface area (Å²) in [6, 6.07) is 6.24. The van der Waals surface area contributed by atoms with Gasteiger partial charge in [0.1, 0.15) is 10.6 Å². The van der Waals surface area contributed by atoms with Crippen molar-refractivity contribution in [1.82, 2.24) is 14.8 Å². The highest BCUT2D eigenvalue weighted by Crippen LogP contribution is 2.26. The van der Waals surface area contributed by atoms with Gasteiger partial charge in [-0.15, -0.1) is 11.3 Å². The minimum absolute atomic E-state index is 0.00336. The number of phenolic OH excluding ortho intramolecular Hbond substituents is 1. The lowest BCUT2D eigenvalue weighted by atomic mass is 10.1. The fraction of sp³-hybridized carbons (Fsp3) is 0.421. The summed E-state index contributed by atoms with van der Waals surface area (Å²) in [4.78, 5) is 34.1. The van der Waals surface area contributed by atoms with Gasteiger partial charge in [-0.2, -0.15) is 0 Å². The van der Waals surface area contributed by atoms with E-state index in [0.29, 0.717) is 42.5 Å². The van der Waals surface area contributed by atoms with Crippen molar-refractivity contribution in [3.63, 3.8) is 0 Å². The highest BCUT2D eigenvalue weighted by Gasteiger charge is 2.28. The van der Waals surface area contributed by atoms with Gasteiger partial charge in [-0.1, -0.05) is 13.8 Å². The molecule has 2 aromatic rings. The number of phenols is 1. The topological polar surface area (TPSA) is 73.7 Å². The minimum atomic E-state index is -0.0758. The van der Waals surface area contributed by atoms with Crippen LogP contribution in [0, 0.1) is 6.92 Å². The first-order chi connectivity index (χ1) is 12.4. The van der Waals surface area contributed by atoms with Crippen molar-refractivity contribution in [2.24, 2.45) is 0 Å². The smallest absolute Gasteiger partial charge is 0.265 e. The van der Waals surface area contributed by atoms with E-state index in [0.717, 1.165) is 10.7 Å². The third-order valence-corrected chi connectivity index (χ3v) is 5.92. The zero-order valence-electron chi connectivity index (χ0n) is 15.2. The first kappa shape index (κ1) is 18.4. The van der Waals surface area contributed by atoms with Gasteiger partial charge in [-0.05, 0) is 31.2 Å². The standard InChI is InChI=1S/C19H23N3O3S/c1-12(2)17-20-13(3)16(26-17)19(25)22-10-8-21(9-11-22)18(24)14-4-6-15(23)7-5-14/h4-7,12,23H,8-11H2,1-3H3. The van der Waals surface area contributed by atoms with E-state index in [9.17, 15) is 14.7 Å². The molecule has 1 aromatic carbocycles. The highest BCUT2D eigenvalue weighted by atomic mass is 32.1. The molecule has 0 saturated carbocycles. The van der Waals surface area contributed by atoms with E-state index >= 15 is 0 Å². The Bertz CT molecular complexity index is 806. The van der Waals surface area contributed by atoms with Gasteiger partial charge in [0.2, 0.25) is 0 Å². The Morgan fingerprint density at radius 1 is 1.04 bits per heavy atom. The van der Waals surface area contributed by atoms with E-state index in [1.807, 2.05) is 6.92 Å². The number of aromatic hydroxyl groups is 1. The van der Waals surface area contributed by atoms with Gasteiger partial charge in [0.15, 0.2) is 0 Å². The number of carbonyl (C=O) groups excluding carboxylic acids is 2. The van der Waals surface area contributed by atoms with E-state index in [2.05, 4.69) is 18.8 Å². The molecule has 1 fully saturated rings. The molecule has 1 N–H and O–H groups in total. The number of amides is 2. The van der Waals surface area contributed by atoms with Gasteiger partial charge in [-0.3, -0.25) is 9.59 Å². The van der Waals surface area contributed by atoms with Crippen LogP contribution in [0.3, 0.4) is 0 Å². The van der Waals surface area contributed by atoms with Crippen LogP contribution in [-0.4, -0.2) is 57.9 Å². The molecule has 2 amide bonds. The third kappa shape index (κ3) is 3.72. The number of nitrogens with zero attached hydrogens (tertiary/aromatic N) is 3. The Kier molecular flexibility index (Phi) is 5.27. The van der Waals surface area contributed by atoms with Crippen LogP contribution in [-0.2, 0) is 0 Å². The largest absolute Gasteiger partial charge is 0.508 e. The molecule has 0 unspecified atom stereocenters. The van der Waals surface area contributed by atoms with Crippen LogP contribution in [0.25, 0.3) is 0 Å². The summed E-state index contributed by atoms with van der Waals surface area (Å²) < 4.78 is 0. The Labute approximate surface area is 157 Å². The maximum Gasteiger partial charge on any atom is 0.265 e. The summed E-state index contributed by atoms with van der Waals surface area (Å²) in [5.74, 6) is 0.370. The molecule has 2 heterocycles. The summed E-state index contributed by atoms with van der Waals surface area (Å²) in [6.07, 6.45) is 0. The Morgan fingerprint density at radius 3 is 2.08 bits per heavy atom. The summed E-state index contributed by atoms with van der Waals surface area (Å²) in [5.41, 5.74) is 1.33. The second kappa shape index (κ2) is 7.45. The number of aromatic nitrogens is 1. The molecular formula is C19H23N3O3S. The molecule has 1 aromatic heterocycles. The number of benzene rings is 1. The molecule has 26 heavy (non-hydrogen) atoms. The van der Waals surface area contributed by atoms with Crippen molar-refractivity contribution < 1.29 is 14.7 Å². The van der Waals surface area contributed by atoms with Crippen LogP contribution in [0.1, 0.15) is 50.5 Å². The second-order valence-electron chi connectivity index (χ2n) is 6.75. The molecule has 0 bridgehead atoms. The molecule has 138 valence electrons. The molecule has 6 nitrogen and oxygen atoms in total. The van der Waals surface area contributed by atoms with Crippen LogP contribution >= 0.6 is 11.3 Å². The molecule has 0 spiro atoms. The number of hydrogen-bond acceptors (Lipinski definition) is 5. The maximum absolute atomic E-state index is 12.8. The predicted molar refractivity (Wildman–Crippen MR) is 101 cm³/mol. The van der Waals surface area contributed by atoms with Crippen LogP contribution in [0.2, 0.25) is 0 Å². The number of aryl methyl sites for hydroxylation is 1. The van der Waals surface area contributed by atoms with Crippen molar-refractivity contribution in [3.8, 4) is 5.75 Å². The number of hydrogen-bond donors (Lipinski definition) is 1. The van der Waals surface area contributed by atoms with E-state index in [1.165, 1.54) is 23.5 Å². The monoisotopic (exact) mass is 373 g/mol. The first-order valence-electron chi connectivity index (χ1n) is 8.71. The molecule has 1 aliphatic rings. The number of carbonyl (C=O) groups is 2. The lowest BCUT2D eigenvalue weighted by Gasteiger charge is -2.34. The number of rotatable bonds is 3.